The molecule has 14 heavy (non-hydrogen) atoms. The highest BCUT2D eigenvalue weighted by Crippen LogP contribution is 2.36. The zero-order valence-electron chi connectivity index (χ0n) is 8.36. The number of nitrogens with two attached hydrogens (primary N) is 1. The van der Waals surface area contributed by atoms with Crippen LogP contribution >= 0.6 is 0 Å². The van der Waals surface area contributed by atoms with Crippen LogP contribution in [0, 0.1) is 0 Å². The molecule has 0 atom stereocenters. The summed E-state index contributed by atoms with van der Waals surface area (Å²) in [7, 11) is 1.56. The lowest BCUT2D eigenvalue weighted by molar-refractivity contribution is 0.379. The summed E-state index contributed by atoms with van der Waals surface area (Å²) in [6, 6.07) is 0.419. The number of ether oxygens (including phenoxy) is 1. The average Bonchev–Trinajstić information content (AvgIpc) is 2.95. The molecule has 1 aromatic rings. The van der Waals surface area contributed by atoms with Crippen molar-refractivity contribution < 1.29 is 4.74 Å². The van der Waals surface area contributed by atoms with E-state index >= 15 is 0 Å². The molecule has 0 amide bonds. The molecular weight excluding hydrogens is 178 g/mol. The Hall–Kier alpha value is -1.16. The van der Waals surface area contributed by atoms with Crippen LogP contribution in [-0.4, -0.2) is 22.6 Å². The maximum Gasteiger partial charge on any atom is 0.316 e. The van der Waals surface area contributed by atoms with Gasteiger partial charge in [0.05, 0.1) is 7.11 Å². The second-order valence-corrected chi connectivity index (χ2v) is 3.94. The molecule has 0 bridgehead atoms. The lowest BCUT2D eigenvalue weighted by Gasteiger charge is -2.07. The number of methoxy groups -OCH3 is 1. The molecule has 0 unspecified atom stereocenters. The first kappa shape index (κ1) is 9.40. The first-order valence-corrected chi connectivity index (χ1v) is 4.86. The van der Waals surface area contributed by atoms with Gasteiger partial charge in [-0.15, -0.1) is 0 Å². The summed E-state index contributed by atoms with van der Waals surface area (Å²) in [5.74, 6) is 0. The summed E-state index contributed by atoms with van der Waals surface area (Å²) in [5, 5.41) is 0. The third-order valence-corrected chi connectivity index (χ3v) is 2.67. The van der Waals surface area contributed by atoms with Gasteiger partial charge in [-0.25, -0.2) is 9.97 Å². The zero-order chi connectivity index (χ0) is 10.0. The maximum absolute atomic E-state index is 5.98. The van der Waals surface area contributed by atoms with Gasteiger partial charge < -0.3 is 10.5 Å². The van der Waals surface area contributed by atoms with Gasteiger partial charge in [-0.2, -0.15) is 0 Å². The Morgan fingerprint density at radius 1 is 1.43 bits per heavy atom. The van der Waals surface area contributed by atoms with Crippen LogP contribution < -0.4 is 10.5 Å². The third-order valence-electron chi connectivity index (χ3n) is 2.67. The topological polar surface area (TPSA) is 61.0 Å². The molecule has 1 aliphatic carbocycles. The van der Waals surface area contributed by atoms with Crippen molar-refractivity contribution >= 4 is 0 Å². The Morgan fingerprint density at radius 3 is 2.57 bits per heavy atom. The summed E-state index contributed by atoms with van der Waals surface area (Å²) in [5.41, 5.74) is 7.22. The van der Waals surface area contributed by atoms with Gasteiger partial charge in [0, 0.05) is 17.9 Å². The number of nitrogens with zero attached hydrogens (tertiary/aromatic N) is 2. The van der Waals surface area contributed by atoms with E-state index in [1.165, 1.54) is 0 Å². The molecule has 1 aromatic heterocycles. The molecule has 0 spiro atoms. The predicted molar refractivity (Wildman–Crippen MR) is 53.1 cm³/mol. The SMILES string of the molecule is COc1ncc(CCC2(N)CC2)cn1. The van der Waals surface area contributed by atoms with Crippen LogP contribution in [-0.2, 0) is 6.42 Å². The second kappa shape index (κ2) is 3.53. The highest BCUT2D eigenvalue weighted by molar-refractivity contribution is 5.10. The molecule has 0 aliphatic heterocycles. The van der Waals surface area contributed by atoms with Crippen molar-refractivity contribution in [3.8, 4) is 6.01 Å². The van der Waals surface area contributed by atoms with Gasteiger partial charge in [0.2, 0.25) is 0 Å². The summed E-state index contributed by atoms with van der Waals surface area (Å²) in [6.45, 7) is 0. The van der Waals surface area contributed by atoms with E-state index in [9.17, 15) is 0 Å². The molecule has 0 radical (unpaired) electrons. The number of hydrogen-bond donors (Lipinski definition) is 1. The maximum atomic E-state index is 5.98. The van der Waals surface area contributed by atoms with Gasteiger partial charge in [-0.05, 0) is 31.2 Å². The average molecular weight is 193 g/mol. The van der Waals surface area contributed by atoms with Gasteiger partial charge in [0.1, 0.15) is 0 Å². The zero-order valence-corrected chi connectivity index (χ0v) is 8.36. The van der Waals surface area contributed by atoms with E-state index in [-0.39, 0.29) is 5.54 Å². The van der Waals surface area contributed by atoms with Crippen LogP contribution in [0.15, 0.2) is 12.4 Å². The Balaban J connectivity index is 1.89. The van der Waals surface area contributed by atoms with Crippen molar-refractivity contribution in [3.63, 3.8) is 0 Å². The van der Waals surface area contributed by atoms with Crippen molar-refractivity contribution in [2.24, 2.45) is 5.73 Å². The van der Waals surface area contributed by atoms with E-state index in [4.69, 9.17) is 10.5 Å². The van der Waals surface area contributed by atoms with Gasteiger partial charge in [0.15, 0.2) is 0 Å². The summed E-state index contributed by atoms with van der Waals surface area (Å²) in [4.78, 5) is 8.09. The van der Waals surface area contributed by atoms with Gasteiger partial charge >= 0.3 is 6.01 Å². The summed E-state index contributed by atoms with van der Waals surface area (Å²) >= 11 is 0. The van der Waals surface area contributed by atoms with Gasteiger partial charge in [-0.3, -0.25) is 0 Å². The van der Waals surface area contributed by atoms with Crippen LogP contribution in [0.1, 0.15) is 24.8 Å². The molecule has 4 heteroatoms. The Morgan fingerprint density at radius 2 is 2.07 bits per heavy atom. The molecular formula is C10H15N3O. The first-order valence-electron chi connectivity index (χ1n) is 4.86. The number of aromatic nitrogens is 2. The Kier molecular flexibility index (Phi) is 2.37. The van der Waals surface area contributed by atoms with E-state index in [1.807, 2.05) is 0 Å². The molecule has 1 saturated carbocycles. The molecule has 0 saturated heterocycles. The van der Waals surface area contributed by atoms with Crippen LogP contribution in [0.2, 0.25) is 0 Å². The molecule has 1 aliphatic rings. The fourth-order valence-electron chi connectivity index (χ4n) is 1.38. The van der Waals surface area contributed by atoms with E-state index in [1.54, 1.807) is 19.5 Å². The quantitative estimate of drug-likeness (QED) is 0.772. The largest absolute Gasteiger partial charge is 0.467 e. The van der Waals surface area contributed by atoms with Crippen LogP contribution in [0.4, 0.5) is 0 Å². The number of rotatable bonds is 4. The van der Waals surface area contributed by atoms with Crippen molar-refractivity contribution in [1.82, 2.24) is 9.97 Å². The Bertz CT molecular complexity index is 306. The normalized spacial score (nSPS) is 17.9. The molecule has 0 aromatic carbocycles. The molecule has 2 rings (SSSR count). The van der Waals surface area contributed by atoms with E-state index in [0.717, 1.165) is 31.2 Å². The monoisotopic (exact) mass is 193 g/mol. The lowest BCUT2D eigenvalue weighted by atomic mass is 10.1. The fraction of sp³-hybridized carbons (Fsp3) is 0.600. The summed E-state index contributed by atoms with van der Waals surface area (Å²) < 4.78 is 4.88. The minimum absolute atomic E-state index is 0.111. The number of hydrogen-bond acceptors (Lipinski definition) is 4. The predicted octanol–water partition coefficient (Wildman–Crippen LogP) is 0.909. The highest BCUT2D eigenvalue weighted by Gasteiger charge is 2.37. The summed E-state index contributed by atoms with van der Waals surface area (Å²) in [6.07, 6.45) is 7.91. The Labute approximate surface area is 83.5 Å². The molecule has 2 N–H and O–H groups in total. The molecule has 1 fully saturated rings. The molecule has 76 valence electrons. The number of aryl methyl sites for hydroxylation is 1. The minimum atomic E-state index is 0.111. The van der Waals surface area contributed by atoms with Crippen molar-refractivity contribution in [3.05, 3.63) is 18.0 Å². The first-order chi connectivity index (χ1) is 6.72. The lowest BCUT2D eigenvalue weighted by Crippen LogP contribution is -2.22. The smallest absolute Gasteiger partial charge is 0.316 e. The van der Waals surface area contributed by atoms with Crippen LogP contribution in [0.25, 0.3) is 0 Å². The van der Waals surface area contributed by atoms with E-state index < -0.39 is 0 Å². The van der Waals surface area contributed by atoms with Crippen molar-refractivity contribution in [2.45, 2.75) is 31.2 Å². The van der Waals surface area contributed by atoms with Gasteiger partial charge in [-0.1, -0.05) is 0 Å². The van der Waals surface area contributed by atoms with Crippen LogP contribution in [0.5, 0.6) is 6.01 Å². The highest BCUT2D eigenvalue weighted by atomic mass is 16.5. The van der Waals surface area contributed by atoms with Crippen LogP contribution in [0.3, 0.4) is 0 Å². The van der Waals surface area contributed by atoms with Gasteiger partial charge in [0.25, 0.3) is 0 Å². The standard InChI is InChI=1S/C10H15N3O/c1-14-9-12-6-8(7-13-9)2-3-10(11)4-5-10/h6-7H,2-5,11H2,1H3. The van der Waals surface area contributed by atoms with E-state index in [0.29, 0.717) is 6.01 Å². The minimum Gasteiger partial charge on any atom is -0.467 e. The third kappa shape index (κ3) is 2.20. The van der Waals surface area contributed by atoms with Crippen molar-refractivity contribution in [1.29, 1.82) is 0 Å². The van der Waals surface area contributed by atoms with Crippen molar-refractivity contribution in [2.75, 3.05) is 7.11 Å². The van der Waals surface area contributed by atoms with E-state index in [2.05, 4.69) is 9.97 Å². The fourth-order valence-corrected chi connectivity index (χ4v) is 1.38. The molecule has 4 nitrogen and oxygen atoms in total. The molecule has 1 heterocycles. The second-order valence-electron chi connectivity index (χ2n) is 3.94.